The number of likely N-dealkylation sites (N-methyl/N-ethyl adjacent to an activating group) is 1. The third kappa shape index (κ3) is 6.06. The first-order chi connectivity index (χ1) is 12.2. The molecule has 1 aliphatic heterocycles. The summed E-state index contributed by atoms with van der Waals surface area (Å²) < 4.78 is 11.5. The lowest BCUT2D eigenvalue weighted by atomic mass is 9.98. The lowest BCUT2D eigenvalue weighted by molar-refractivity contribution is 0.0327. The van der Waals surface area contributed by atoms with E-state index in [4.69, 9.17) is 9.47 Å². The van der Waals surface area contributed by atoms with Gasteiger partial charge in [-0.1, -0.05) is 25.1 Å². The fourth-order valence-corrected chi connectivity index (χ4v) is 2.76. The number of amides is 1. The average molecular weight is 360 g/mol. The van der Waals surface area contributed by atoms with E-state index in [1.165, 1.54) is 0 Å². The summed E-state index contributed by atoms with van der Waals surface area (Å²) in [6.45, 7) is 9.96. The van der Waals surface area contributed by atoms with Gasteiger partial charge in [0.1, 0.15) is 18.0 Å². The molecule has 0 saturated carbocycles. The minimum atomic E-state index is -0.514. The zero-order chi connectivity index (χ0) is 19.3. The van der Waals surface area contributed by atoms with Crippen molar-refractivity contribution in [2.75, 3.05) is 33.8 Å². The molecule has 0 saturated heterocycles. The van der Waals surface area contributed by atoms with Gasteiger partial charge in [-0.15, -0.1) is 0 Å². The Bertz CT molecular complexity index is 647. The van der Waals surface area contributed by atoms with Gasteiger partial charge in [0.15, 0.2) is 0 Å². The summed E-state index contributed by atoms with van der Waals surface area (Å²) >= 11 is 0. The molecule has 0 radical (unpaired) electrons. The van der Waals surface area contributed by atoms with Gasteiger partial charge in [-0.2, -0.15) is 0 Å². The molecule has 0 fully saturated rings. The molecule has 1 aromatic rings. The van der Waals surface area contributed by atoms with Crippen LogP contribution < -0.4 is 4.74 Å². The second kappa shape index (κ2) is 8.58. The van der Waals surface area contributed by atoms with Crippen molar-refractivity contribution in [3.05, 3.63) is 35.9 Å². The van der Waals surface area contributed by atoms with Crippen LogP contribution in [0.1, 0.15) is 39.7 Å². The molecule has 1 atom stereocenters. The fourth-order valence-electron chi connectivity index (χ4n) is 2.76. The van der Waals surface area contributed by atoms with Gasteiger partial charge in [0.2, 0.25) is 0 Å². The zero-order valence-electron chi connectivity index (χ0n) is 16.9. The van der Waals surface area contributed by atoms with Crippen LogP contribution >= 0.6 is 0 Å². The smallest absolute Gasteiger partial charge is 0.414 e. The van der Waals surface area contributed by atoms with Gasteiger partial charge in [0.05, 0.1) is 5.70 Å². The van der Waals surface area contributed by atoms with E-state index in [2.05, 4.69) is 17.9 Å². The maximum Gasteiger partial charge on any atom is 0.414 e. The number of benzene rings is 1. The van der Waals surface area contributed by atoms with E-state index < -0.39 is 5.60 Å². The van der Waals surface area contributed by atoms with E-state index in [9.17, 15) is 4.79 Å². The summed E-state index contributed by atoms with van der Waals surface area (Å²) in [5, 5.41) is 0. The Hall–Kier alpha value is -2.01. The highest BCUT2D eigenvalue weighted by molar-refractivity contribution is 5.83. The van der Waals surface area contributed by atoms with Crippen LogP contribution in [-0.2, 0) is 4.74 Å². The third-order valence-electron chi connectivity index (χ3n) is 4.05. The molecule has 0 aromatic heterocycles. The largest absolute Gasteiger partial charge is 0.492 e. The first kappa shape index (κ1) is 20.3. The van der Waals surface area contributed by atoms with E-state index in [0.29, 0.717) is 19.1 Å². The second-order valence-electron chi connectivity index (χ2n) is 8.20. The van der Waals surface area contributed by atoms with Crippen LogP contribution in [0.3, 0.4) is 0 Å². The molecule has 2 rings (SSSR count). The van der Waals surface area contributed by atoms with Crippen molar-refractivity contribution in [2.24, 2.45) is 5.92 Å². The van der Waals surface area contributed by atoms with Crippen LogP contribution in [0.5, 0.6) is 5.75 Å². The first-order valence-electron chi connectivity index (χ1n) is 9.24. The number of allylic oxidation sites excluding steroid dienone is 1. The molecular weight excluding hydrogens is 328 g/mol. The third-order valence-corrected chi connectivity index (χ3v) is 4.05. The number of carbonyl (C=O) groups excluding carboxylic acids is 1. The van der Waals surface area contributed by atoms with Crippen molar-refractivity contribution in [1.82, 2.24) is 9.80 Å². The minimum Gasteiger partial charge on any atom is -0.492 e. The molecule has 26 heavy (non-hydrogen) atoms. The molecule has 0 spiro atoms. The van der Waals surface area contributed by atoms with Gasteiger partial charge in [-0.05, 0) is 59.3 Å². The molecule has 0 unspecified atom stereocenters. The molecule has 1 amide bonds. The Labute approximate surface area is 157 Å². The number of hydrogen-bond acceptors (Lipinski definition) is 4. The van der Waals surface area contributed by atoms with Gasteiger partial charge in [0, 0.05) is 18.7 Å². The lowest BCUT2D eigenvalue weighted by Gasteiger charge is -2.34. The van der Waals surface area contributed by atoms with E-state index in [0.717, 1.165) is 30.0 Å². The maximum absolute atomic E-state index is 12.7. The molecular formula is C21H32N2O3. The highest BCUT2D eigenvalue weighted by Crippen LogP contribution is 2.30. The van der Waals surface area contributed by atoms with Gasteiger partial charge < -0.3 is 14.4 Å². The van der Waals surface area contributed by atoms with Crippen molar-refractivity contribution in [2.45, 2.75) is 39.7 Å². The Morgan fingerprint density at radius 2 is 2.04 bits per heavy atom. The van der Waals surface area contributed by atoms with Crippen LogP contribution in [-0.4, -0.2) is 55.3 Å². The summed E-state index contributed by atoms with van der Waals surface area (Å²) in [5.41, 5.74) is 1.36. The molecule has 0 N–H and O–H groups in total. The summed E-state index contributed by atoms with van der Waals surface area (Å²) in [5.74, 6) is 1.22. The molecule has 5 heteroatoms. The Balaban J connectivity index is 2.19. The molecule has 144 valence electrons. The van der Waals surface area contributed by atoms with Crippen LogP contribution in [0.25, 0.3) is 5.70 Å². The monoisotopic (exact) mass is 360 g/mol. The van der Waals surface area contributed by atoms with Crippen molar-refractivity contribution >= 4 is 11.8 Å². The highest BCUT2D eigenvalue weighted by atomic mass is 16.6. The molecule has 5 nitrogen and oxygen atoms in total. The molecule has 0 aliphatic carbocycles. The lowest BCUT2D eigenvalue weighted by Crippen LogP contribution is -2.39. The van der Waals surface area contributed by atoms with Gasteiger partial charge in [-0.25, -0.2) is 4.79 Å². The zero-order valence-corrected chi connectivity index (χ0v) is 16.9. The number of ether oxygens (including phenoxy) is 2. The number of hydrogen-bond donors (Lipinski definition) is 0. The fraction of sp³-hybridized carbons (Fsp3) is 0.571. The van der Waals surface area contributed by atoms with Gasteiger partial charge >= 0.3 is 6.09 Å². The summed E-state index contributed by atoms with van der Waals surface area (Å²) in [6, 6.07) is 7.92. The van der Waals surface area contributed by atoms with Crippen molar-refractivity contribution < 1.29 is 14.3 Å². The Morgan fingerprint density at radius 3 is 2.69 bits per heavy atom. The average Bonchev–Trinajstić information content (AvgIpc) is 2.53. The Morgan fingerprint density at radius 1 is 1.31 bits per heavy atom. The molecule has 1 aliphatic rings. The molecule has 1 aromatic carbocycles. The predicted octanol–water partition coefficient (Wildman–Crippen LogP) is 4.24. The standard InChI is InChI=1S/C21H32N2O3/c1-16-10-11-19(23(15-16)20(24)26-21(2,3)4)17-8-7-9-18(14-17)25-13-12-22(5)6/h7-9,11,14,16H,10,12-13,15H2,1-6H3/t16-/m0/s1. The van der Waals surface area contributed by atoms with Crippen LogP contribution in [0.2, 0.25) is 0 Å². The normalized spacial score (nSPS) is 17.9. The second-order valence-corrected chi connectivity index (χ2v) is 8.20. The van der Waals surface area contributed by atoms with Crippen molar-refractivity contribution in [3.8, 4) is 5.75 Å². The first-order valence-corrected chi connectivity index (χ1v) is 9.24. The number of nitrogens with zero attached hydrogens (tertiary/aromatic N) is 2. The quantitative estimate of drug-likeness (QED) is 0.787. The predicted molar refractivity (Wildman–Crippen MR) is 105 cm³/mol. The number of carbonyl (C=O) groups is 1. The molecule has 0 bridgehead atoms. The van der Waals surface area contributed by atoms with E-state index in [-0.39, 0.29) is 6.09 Å². The SMILES string of the molecule is C[C@H]1CC=C(c2cccc(OCCN(C)C)c2)N(C(=O)OC(C)(C)C)C1. The molecule has 1 heterocycles. The Kier molecular flexibility index (Phi) is 6.70. The van der Waals surface area contributed by atoms with Gasteiger partial charge in [-0.3, -0.25) is 4.90 Å². The summed E-state index contributed by atoms with van der Waals surface area (Å²) in [7, 11) is 4.04. The van der Waals surface area contributed by atoms with E-state index in [1.807, 2.05) is 59.1 Å². The summed E-state index contributed by atoms with van der Waals surface area (Å²) in [4.78, 5) is 16.5. The highest BCUT2D eigenvalue weighted by Gasteiger charge is 2.29. The summed E-state index contributed by atoms with van der Waals surface area (Å²) in [6.07, 6.45) is 2.77. The van der Waals surface area contributed by atoms with E-state index >= 15 is 0 Å². The van der Waals surface area contributed by atoms with Crippen LogP contribution in [0.4, 0.5) is 4.79 Å². The maximum atomic E-state index is 12.7. The van der Waals surface area contributed by atoms with Crippen molar-refractivity contribution in [3.63, 3.8) is 0 Å². The van der Waals surface area contributed by atoms with Crippen molar-refractivity contribution in [1.29, 1.82) is 0 Å². The number of rotatable bonds is 5. The minimum absolute atomic E-state index is 0.297. The van der Waals surface area contributed by atoms with Crippen LogP contribution in [0.15, 0.2) is 30.3 Å². The topological polar surface area (TPSA) is 42.0 Å². The van der Waals surface area contributed by atoms with Crippen LogP contribution in [0, 0.1) is 5.92 Å². The van der Waals surface area contributed by atoms with E-state index in [1.54, 1.807) is 4.90 Å². The van der Waals surface area contributed by atoms with Gasteiger partial charge in [0.25, 0.3) is 0 Å².